The molecule has 1 aromatic heterocycles. The van der Waals surface area contributed by atoms with Crippen LogP contribution in [-0.4, -0.2) is 18.5 Å². The summed E-state index contributed by atoms with van der Waals surface area (Å²) in [6.07, 6.45) is 3.24. The summed E-state index contributed by atoms with van der Waals surface area (Å²) in [4.78, 5) is 11.6. The molecule has 1 heterocycles. The Hall–Kier alpha value is -1.29. The van der Waals surface area contributed by atoms with Crippen molar-refractivity contribution in [3.63, 3.8) is 0 Å². The molecule has 0 saturated carbocycles. The van der Waals surface area contributed by atoms with Crippen LogP contribution < -0.4 is 11.1 Å². The van der Waals surface area contributed by atoms with Gasteiger partial charge >= 0.3 is 0 Å². The lowest BCUT2D eigenvalue weighted by Crippen LogP contribution is -2.30. The van der Waals surface area contributed by atoms with Crippen LogP contribution in [0.1, 0.15) is 35.9 Å². The number of carbonyl (C=O) groups excluding carboxylic acids is 1. The van der Waals surface area contributed by atoms with Gasteiger partial charge in [-0.05, 0) is 25.8 Å². The smallest absolute Gasteiger partial charge is 0.287 e. The quantitative estimate of drug-likeness (QED) is 0.772. The van der Waals surface area contributed by atoms with Crippen molar-refractivity contribution in [3.8, 4) is 0 Å². The maximum atomic E-state index is 11.6. The third-order valence-corrected chi connectivity index (χ3v) is 2.39. The maximum absolute atomic E-state index is 11.6. The van der Waals surface area contributed by atoms with Gasteiger partial charge in [-0.25, -0.2) is 0 Å². The number of nitrogens with one attached hydrogen (secondary N) is 1. The average molecular weight is 210 g/mol. The molecule has 1 amide bonds. The predicted octanol–water partition coefficient (Wildman–Crippen LogP) is 1.45. The van der Waals surface area contributed by atoms with Gasteiger partial charge in [0.25, 0.3) is 5.91 Å². The molecule has 3 N–H and O–H groups in total. The summed E-state index contributed by atoms with van der Waals surface area (Å²) in [5, 5.41) is 2.78. The number of furan rings is 1. The molecule has 4 nitrogen and oxygen atoms in total. The zero-order chi connectivity index (χ0) is 11.3. The zero-order valence-electron chi connectivity index (χ0n) is 9.25. The predicted molar refractivity (Wildman–Crippen MR) is 58.7 cm³/mol. The van der Waals surface area contributed by atoms with Gasteiger partial charge in [0.2, 0.25) is 0 Å². The highest BCUT2D eigenvalue weighted by Gasteiger charge is 2.11. The molecule has 0 saturated heterocycles. The molecule has 0 aliphatic carbocycles. The van der Waals surface area contributed by atoms with Crippen molar-refractivity contribution >= 4 is 5.91 Å². The van der Waals surface area contributed by atoms with Crippen molar-refractivity contribution in [1.29, 1.82) is 0 Å². The van der Waals surface area contributed by atoms with Crippen molar-refractivity contribution in [2.45, 2.75) is 32.7 Å². The minimum absolute atomic E-state index is 0.156. The summed E-state index contributed by atoms with van der Waals surface area (Å²) in [5.41, 5.74) is 6.59. The van der Waals surface area contributed by atoms with Crippen molar-refractivity contribution in [2.24, 2.45) is 5.73 Å². The Balaban J connectivity index is 2.34. The number of hydrogen-bond donors (Lipinski definition) is 2. The molecule has 0 radical (unpaired) electrons. The van der Waals surface area contributed by atoms with Gasteiger partial charge in [0.15, 0.2) is 5.76 Å². The Bertz CT molecular complexity index is 320. The number of aryl methyl sites for hydroxylation is 1. The van der Waals surface area contributed by atoms with Gasteiger partial charge < -0.3 is 15.5 Å². The van der Waals surface area contributed by atoms with Crippen molar-refractivity contribution in [3.05, 3.63) is 23.7 Å². The van der Waals surface area contributed by atoms with Crippen LogP contribution >= 0.6 is 0 Å². The largest absolute Gasteiger partial charge is 0.459 e. The van der Waals surface area contributed by atoms with Crippen LogP contribution in [0.5, 0.6) is 0 Å². The number of rotatable bonds is 5. The standard InChI is InChI=1S/C11H18N2O2/c1-3-9(12)4-6-13-11(14)10-8(2)5-7-15-10/h5,7,9H,3-4,6,12H2,1-2H3,(H,13,14). The second kappa shape index (κ2) is 5.56. The van der Waals surface area contributed by atoms with Gasteiger partial charge in [-0.3, -0.25) is 4.79 Å². The lowest BCUT2D eigenvalue weighted by atomic mass is 10.2. The van der Waals surface area contributed by atoms with Crippen LogP contribution in [-0.2, 0) is 0 Å². The van der Waals surface area contributed by atoms with Crippen molar-refractivity contribution in [1.82, 2.24) is 5.32 Å². The SMILES string of the molecule is CCC(N)CCNC(=O)c1occc1C. The summed E-state index contributed by atoms with van der Waals surface area (Å²) in [6, 6.07) is 1.93. The molecular formula is C11H18N2O2. The molecule has 15 heavy (non-hydrogen) atoms. The van der Waals surface area contributed by atoms with E-state index in [-0.39, 0.29) is 11.9 Å². The monoisotopic (exact) mass is 210 g/mol. The Kier molecular flexibility index (Phi) is 4.37. The Morgan fingerprint density at radius 1 is 1.67 bits per heavy atom. The Labute approximate surface area is 89.8 Å². The molecule has 0 fully saturated rings. The van der Waals surface area contributed by atoms with Gasteiger partial charge in [-0.15, -0.1) is 0 Å². The molecule has 0 bridgehead atoms. The number of hydrogen-bond acceptors (Lipinski definition) is 3. The topological polar surface area (TPSA) is 68.3 Å². The van der Waals surface area contributed by atoms with E-state index in [1.807, 2.05) is 13.8 Å². The third kappa shape index (κ3) is 3.40. The summed E-state index contributed by atoms with van der Waals surface area (Å²) in [5.74, 6) is 0.223. The van der Waals surface area contributed by atoms with Crippen molar-refractivity contribution < 1.29 is 9.21 Å². The average Bonchev–Trinajstić information content (AvgIpc) is 2.64. The Morgan fingerprint density at radius 3 is 2.93 bits per heavy atom. The van der Waals surface area contributed by atoms with Gasteiger partial charge in [0.1, 0.15) is 0 Å². The molecule has 4 heteroatoms. The minimum atomic E-state index is -0.166. The number of amides is 1. The molecule has 0 aromatic carbocycles. The first kappa shape index (κ1) is 11.8. The highest BCUT2D eigenvalue weighted by Crippen LogP contribution is 2.07. The molecule has 0 spiro atoms. The lowest BCUT2D eigenvalue weighted by Gasteiger charge is -2.08. The van der Waals surface area contributed by atoms with E-state index >= 15 is 0 Å². The van der Waals surface area contributed by atoms with E-state index in [4.69, 9.17) is 10.2 Å². The molecule has 1 aromatic rings. The molecule has 1 rings (SSSR count). The summed E-state index contributed by atoms with van der Waals surface area (Å²) in [7, 11) is 0. The first-order valence-electron chi connectivity index (χ1n) is 5.23. The van der Waals surface area contributed by atoms with Crippen LogP contribution in [0.25, 0.3) is 0 Å². The van der Waals surface area contributed by atoms with Crippen molar-refractivity contribution in [2.75, 3.05) is 6.54 Å². The molecule has 1 atom stereocenters. The molecule has 0 aliphatic heterocycles. The number of carbonyl (C=O) groups is 1. The third-order valence-electron chi connectivity index (χ3n) is 2.39. The van der Waals surface area contributed by atoms with E-state index in [9.17, 15) is 4.79 Å². The van der Waals surface area contributed by atoms with Gasteiger partial charge in [-0.2, -0.15) is 0 Å². The lowest BCUT2D eigenvalue weighted by molar-refractivity contribution is 0.0924. The summed E-state index contributed by atoms with van der Waals surface area (Å²) in [6.45, 7) is 4.47. The van der Waals surface area contributed by atoms with E-state index in [1.54, 1.807) is 6.07 Å². The minimum Gasteiger partial charge on any atom is -0.459 e. The van der Waals surface area contributed by atoms with Crippen LogP contribution in [0, 0.1) is 6.92 Å². The molecule has 0 aliphatic rings. The van der Waals surface area contributed by atoms with Gasteiger partial charge in [0.05, 0.1) is 6.26 Å². The fourth-order valence-corrected chi connectivity index (χ4v) is 1.26. The second-order valence-electron chi connectivity index (χ2n) is 3.65. The molecule has 1 unspecified atom stereocenters. The fraction of sp³-hybridized carbons (Fsp3) is 0.545. The summed E-state index contributed by atoms with van der Waals surface area (Å²) >= 11 is 0. The zero-order valence-corrected chi connectivity index (χ0v) is 9.25. The van der Waals surface area contributed by atoms with Crippen LogP contribution in [0.15, 0.2) is 16.7 Å². The number of nitrogens with two attached hydrogens (primary N) is 1. The van der Waals surface area contributed by atoms with E-state index < -0.39 is 0 Å². The Morgan fingerprint density at radius 2 is 2.40 bits per heavy atom. The highest BCUT2D eigenvalue weighted by atomic mass is 16.3. The first-order valence-corrected chi connectivity index (χ1v) is 5.23. The van der Waals surface area contributed by atoms with E-state index in [2.05, 4.69) is 5.32 Å². The van der Waals surface area contributed by atoms with E-state index in [1.165, 1.54) is 6.26 Å². The van der Waals surface area contributed by atoms with Crippen LogP contribution in [0.3, 0.4) is 0 Å². The maximum Gasteiger partial charge on any atom is 0.287 e. The summed E-state index contributed by atoms with van der Waals surface area (Å²) < 4.78 is 5.07. The van der Waals surface area contributed by atoms with E-state index in [0.29, 0.717) is 12.3 Å². The van der Waals surface area contributed by atoms with Gasteiger partial charge in [-0.1, -0.05) is 6.92 Å². The van der Waals surface area contributed by atoms with E-state index in [0.717, 1.165) is 18.4 Å². The molecular weight excluding hydrogens is 192 g/mol. The fourth-order valence-electron chi connectivity index (χ4n) is 1.26. The highest BCUT2D eigenvalue weighted by molar-refractivity contribution is 5.92. The van der Waals surface area contributed by atoms with Crippen LogP contribution in [0.2, 0.25) is 0 Å². The van der Waals surface area contributed by atoms with Gasteiger partial charge in [0, 0.05) is 18.2 Å². The molecule has 84 valence electrons. The normalized spacial score (nSPS) is 12.5. The second-order valence-corrected chi connectivity index (χ2v) is 3.65. The van der Waals surface area contributed by atoms with Crippen LogP contribution in [0.4, 0.5) is 0 Å². The first-order chi connectivity index (χ1) is 7.15.